The summed E-state index contributed by atoms with van der Waals surface area (Å²) in [5.41, 5.74) is -2.45. The summed E-state index contributed by atoms with van der Waals surface area (Å²) in [4.78, 5) is 20.2. The summed E-state index contributed by atoms with van der Waals surface area (Å²) in [6, 6.07) is 5.45. The number of benzene rings is 2. The van der Waals surface area contributed by atoms with E-state index in [1.807, 2.05) is 13.8 Å². The Kier molecular flexibility index (Phi) is 5.38. The van der Waals surface area contributed by atoms with E-state index >= 15 is 0 Å². The van der Waals surface area contributed by atoms with E-state index in [1.54, 1.807) is 25.1 Å². The lowest BCUT2D eigenvalue weighted by atomic mass is 10.0. The maximum atomic E-state index is 13.0. The molecule has 0 saturated heterocycles. The normalized spacial score (nSPS) is 11.5. The van der Waals surface area contributed by atoms with Gasteiger partial charge in [-0.25, -0.2) is 0 Å². The lowest BCUT2D eigenvalue weighted by Crippen LogP contribution is -2.08. The molecule has 7 nitrogen and oxygen atoms in total. The van der Waals surface area contributed by atoms with E-state index in [0.717, 1.165) is 5.56 Å². The van der Waals surface area contributed by atoms with Crippen LogP contribution in [0.5, 0.6) is 11.5 Å². The van der Waals surface area contributed by atoms with Gasteiger partial charge in [0.15, 0.2) is 0 Å². The molecule has 0 amide bonds. The quantitative estimate of drug-likeness (QED) is 0.483. The molecular formula is C17H15F3N2O5. The summed E-state index contributed by atoms with van der Waals surface area (Å²) < 4.78 is 44.3. The van der Waals surface area contributed by atoms with Gasteiger partial charge in [-0.2, -0.15) is 13.2 Å². The van der Waals surface area contributed by atoms with Crippen LogP contribution in [0.25, 0.3) is 0 Å². The number of hydrogen-bond acceptors (Lipinski definition) is 5. The van der Waals surface area contributed by atoms with Crippen LogP contribution >= 0.6 is 0 Å². The minimum absolute atomic E-state index is 0.0746. The first kappa shape index (κ1) is 20.1. The summed E-state index contributed by atoms with van der Waals surface area (Å²) in [6.07, 6.45) is -4.98. The van der Waals surface area contributed by atoms with Crippen LogP contribution in [0.1, 0.15) is 36.5 Å². The van der Waals surface area contributed by atoms with E-state index in [-0.39, 0.29) is 23.8 Å². The van der Waals surface area contributed by atoms with Crippen molar-refractivity contribution in [2.75, 3.05) is 0 Å². The van der Waals surface area contributed by atoms with Crippen LogP contribution < -0.4 is 4.74 Å². The number of alkyl halides is 3. The van der Waals surface area contributed by atoms with Gasteiger partial charge in [0.2, 0.25) is 0 Å². The summed E-state index contributed by atoms with van der Waals surface area (Å²) in [5, 5.41) is 22.5. The Morgan fingerprint density at radius 2 is 1.52 bits per heavy atom. The summed E-state index contributed by atoms with van der Waals surface area (Å²) >= 11 is 0. The van der Waals surface area contributed by atoms with E-state index < -0.39 is 38.7 Å². The summed E-state index contributed by atoms with van der Waals surface area (Å²) in [5.74, 6) is -0.681. The van der Waals surface area contributed by atoms with Gasteiger partial charge >= 0.3 is 17.6 Å². The Hall–Kier alpha value is -3.17. The van der Waals surface area contributed by atoms with Gasteiger partial charge in [0.05, 0.1) is 15.4 Å². The van der Waals surface area contributed by atoms with Crippen molar-refractivity contribution in [2.24, 2.45) is 0 Å². The van der Waals surface area contributed by atoms with Crippen molar-refractivity contribution < 1.29 is 27.8 Å². The Bertz CT molecular complexity index is 875. The Morgan fingerprint density at radius 3 is 1.93 bits per heavy atom. The highest BCUT2D eigenvalue weighted by molar-refractivity contribution is 5.64. The van der Waals surface area contributed by atoms with Crippen molar-refractivity contribution in [1.29, 1.82) is 0 Å². The van der Waals surface area contributed by atoms with Crippen LogP contribution in [0.2, 0.25) is 0 Å². The standard InChI is InChI=1S/C17H15F3N2O5/c1-9(2)11-5-4-10(3)15(6-11)27-16-13(21(23)24)7-12(17(18,19)20)8-14(16)22(25)26/h4-9H,1-3H3. The van der Waals surface area contributed by atoms with E-state index in [2.05, 4.69) is 0 Å². The number of ether oxygens (including phenoxy) is 1. The van der Waals surface area contributed by atoms with Gasteiger partial charge in [-0.15, -0.1) is 0 Å². The molecule has 27 heavy (non-hydrogen) atoms. The highest BCUT2D eigenvalue weighted by Gasteiger charge is 2.38. The average Bonchev–Trinajstić information content (AvgIpc) is 2.55. The molecule has 0 aliphatic carbocycles. The molecule has 0 atom stereocenters. The van der Waals surface area contributed by atoms with Crippen LogP contribution in [-0.4, -0.2) is 9.85 Å². The van der Waals surface area contributed by atoms with Gasteiger partial charge in [-0.3, -0.25) is 20.2 Å². The molecule has 0 N–H and O–H groups in total. The predicted molar refractivity (Wildman–Crippen MR) is 90.1 cm³/mol. The SMILES string of the molecule is Cc1ccc(C(C)C)cc1Oc1c([N+](=O)[O-])cc(C(F)(F)F)cc1[N+](=O)[O-]. The second kappa shape index (κ2) is 7.22. The zero-order valence-electron chi connectivity index (χ0n) is 14.5. The number of halogens is 3. The maximum Gasteiger partial charge on any atom is 0.416 e. The van der Waals surface area contributed by atoms with Crippen molar-refractivity contribution in [1.82, 2.24) is 0 Å². The molecule has 0 unspecified atom stereocenters. The predicted octanol–water partition coefficient (Wildman–Crippen LogP) is 5.75. The molecule has 0 aromatic heterocycles. The molecule has 0 bridgehead atoms. The van der Waals surface area contributed by atoms with E-state index in [9.17, 15) is 33.4 Å². The molecule has 0 saturated carbocycles. The molecule has 2 aromatic rings. The van der Waals surface area contributed by atoms with E-state index in [0.29, 0.717) is 5.56 Å². The zero-order chi connectivity index (χ0) is 20.5. The van der Waals surface area contributed by atoms with E-state index in [4.69, 9.17) is 4.74 Å². The summed E-state index contributed by atoms with van der Waals surface area (Å²) in [7, 11) is 0. The molecule has 2 aromatic carbocycles. The number of hydrogen-bond donors (Lipinski definition) is 0. The number of nitro benzene ring substituents is 2. The monoisotopic (exact) mass is 384 g/mol. The van der Waals surface area contributed by atoms with Crippen LogP contribution in [0, 0.1) is 27.2 Å². The van der Waals surface area contributed by atoms with Gasteiger partial charge in [0.1, 0.15) is 5.75 Å². The van der Waals surface area contributed by atoms with E-state index in [1.165, 1.54) is 0 Å². The van der Waals surface area contributed by atoms with Crippen molar-refractivity contribution in [3.05, 3.63) is 67.3 Å². The third-order valence-electron chi connectivity index (χ3n) is 3.86. The molecule has 2 rings (SSSR count). The van der Waals surface area contributed by atoms with Gasteiger partial charge < -0.3 is 4.74 Å². The molecule has 0 radical (unpaired) electrons. The van der Waals surface area contributed by atoms with Gasteiger partial charge in [0.25, 0.3) is 5.75 Å². The molecule has 144 valence electrons. The minimum atomic E-state index is -4.98. The number of aryl methyl sites for hydroxylation is 1. The highest BCUT2D eigenvalue weighted by Crippen LogP contribution is 2.45. The third kappa shape index (κ3) is 4.33. The Morgan fingerprint density at radius 1 is 1.00 bits per heavy atom. The van der Waals surface area contributed by atoms with Crippen molar-refractivity contribution in [3.63, 3.8) is 0 Å². The van der Waals surface area contributed by atoms with Crippen molar-refractivity contribution in [3.8, 4) is 11.5 Å². The van der Waals surface area contributed by atoms with Gasteiger partial charge in [0, 0.05) is 12.1 Å². The maximum absolute atomic E-state index is 13.0. The molecule has 0 spiro atoms. The first-order valence-electron chi connectivity index (χ1n) is 7.74. The third-order valence-corrected chi connectivity index (χ3v) is 3.86. The Labute approximate surface area is 151 Å². The van der Waals surface area contributed by atoms with Gasteiger partial charge in [-0.1, -0.05) is 26.0 Å². The molecule has 0 heterocycles. The van der Waals surface area contributed by atoms with Crippen LogP contribution in [0.4, 0.5) is 24.5 Å². The van der Waals surface area contributed by atoms with Crippen LogP contribution in [0.15, 0.2) is 30.3 Å². The van der Waals surface area contributed by atoms with Crippen molar-refractivity contribution >= 4 is 11.4 Å². The lowest BCUT2D eigenvalue weighted by molar-refractivity contribution is -0.396. The van der Waals surface area contributed by atoms with Crippen LogP contribution in [-0.2, 0) is 6.18 Å². The first-order chi connectivity index (χ1) is 12.4. The fourth-order valence-corrected chi connectivity index (χ4v) is 2.33. The minimum Gasteiger partial charge on any atom is -0.444 e. The average molecular weight is 384 g/mol. The van der Waals surface area contributed by atoms with Crippen molar-refractivity contribution in [2.45, 2.75) is 32.9 Å². The zero-order valence-corrected chi connectivity index (χ0v) is 14.5. The smallest absolute Gasteiger partial charge is 0.416 e. The second-order valence-electron chi connectivity index (χ2n) is 6.14. The fourth-order valence-electron chi connectivity index (χ4n) is 2.33. The largest absolute Gasteiger partial charge is 0.444 e. The lowest BCUT2D eigenvalue weighted by Gasteiger charge is -2.14. The molecule has 0 aliphatic heterocycles. The molecular weight excluding hydrogens is 369 g/mol. The summed E-state index contributed by atoms with van der Waals surface area (Å²) in [6.45, 7) is 5.39. The Balaban J connectivity index is 2.71. The molecule has 0 aliphatic rings. The molecule has 0 fully saturated rings. The van der Waals surface area contributed by atoms with Gasteiger partial charge in [-0.05, 0) is 30.0 Å². The second-order valence-corrected chi connectivity index (χ2v) is 6.14. The first-order valence-corrected chi connectivity index (χ1v) is 7.74. The fraction of sp³-hybridized carbons (Fsp3) is 0.294. The molecule has 10 heteroatoms. The van der Waals surface area contributed by atoms with Crippen LogP contribution in [0.3, 0.4) is 0 Å². The highest BCUT2D eigenvalue weighted by atomic mass is 19.4. The topological polar surface area (TPSA) is 95.5 Å². The number of nitrogens with zero attached hydrogens (tertiary/aromatic N) is 2. The number of nitro groups is 2. The number of rotatable bonds is 5.